The van der Waals surface area contributed by atoms with Crippen LogP contribution in [-0.4, -0.2) is 51.6 Å². The van der Waals surface area contributed by atoms with E-state index in [0.717, 1.165) is 18.9 Å². The van der Waals surface area contributed by atoms with E-state index >= 15 is 0 Å². The van der Waals surface area contributed by atoms with Gasteiger partial charge in [-0.2, -0.15) is 31.3 Å². The lowest BCUT2D eigenvalue weighted by atomic mass is 9.85. The quantitative estimate of drug-likeness (QED) is 0.256. The van der Waals surface area contributed by atoms with Crippen LogP contribution in [0.2, 0.25) is 0 Å². The van der Waals surface area contributed by atoms with E-state index in [0.29, 0.717) is 5.56 Å². The number of alkyl halides is 8. The number of aromatic nitrogens is 3. The Kier molecular flexibility index (Phi) is 9.45. The fraction of sp³-hybridized carbons (Fsp3) is 0.533. The van der Waals surface area contributed by atoms with E-state index in [1.165, 1.54) is 29.8 Å². The monoisotopic (exact) mass is 661 g/mol. The van der Waals surface area contributed by atoms with Gasteiger partial charge >= 0.3 is 12.4 Å². The fourth-order valence-corrected chi connectivity index (χ4v) is 5.57. The summed E-state index contributed by atoms with van der Waals surface area (Å²) in [5.74, 6) is -2.91. The van der Waals surface area contributed by atoms with Crippen LogP contribution in [-0.2, 0) is 31.0 Å². The standard InChI is InChI=1S/C30H31F8N5O3/c1-43-24(11-17-10-15(2-9-21(17)30(36,37)38)13-39-26(44)16-3-4-16)41-22-12-20(28(42-25(22)43)46-14-23(31)32)27(45)40-19-7-5-18(6-8-19)29(33,34)35/h2,9-10,12,16,18-19,23H,3-8,11,13-14H2,1H3,(H,39,44)(H,40,45). The molecular formula is C30H31F8N5O3. The lowest BCUT2D eigenvalue weighted by Crippen LogP contribution is -2.40. The molecule has 0 unspecified atom stereocenters. The van der Waals surface area contributed by atoms with Crippen LogP contribution in [0.3, 0.4) is 0 Å². The Bertz CT molecular complexity index is 1590. The number of hydrogen-bond donors (Lipinski definition) is 2. The normalized spacial score (nSPS) is 19.0. The Morgan fingerprint density at radius 1 is 1.00 bits per heavy atom. The van der Waals surface area contributed by atoms with Crippen molar-refractivity contribution in [3.8, 4) is 5.88 Å². The molecule has 0 atom stereocenters. The molecule has 2 aromatic heterocycles. The summed E-state index contributed by atoms with van der Waals surface area (Å²) in [7, 11) is 1.46. The van der Waals surface area contributed by atoms with Crippen molar-refractivity contribution in [3.63, 3.8) is 0 Å². The molecule has 250 valence electrons. The minimum absolute atomic E-state index is 0.0335. The molecule has 0 radical (unpaired) electrons. The third-order valence-corrected chi connectivity index (χ3v) is 8.26. The molecule has 2 aliphatic carbocycles. The molecule has 2 saturated carbocycles. The molecule has 0 aliphatic heterocycles. The summed E-state index contributed by atoms with van der Waals surface area (Å²) in [6, 6.07) is 4.13. The third-order valence-electron chi connectivity index (χ3n) is 8.26. The Hall–Kier alpha value is -3.98. The molecule has 1 aromatic carbocycles. The van der Waals surface area contributed by atoms with Crippen molar-refractivity contribution in [2.75, 3.05) is 6.61 Å². The van der Waals surface area contributed by atoms with Gasteiger partial charge in [-0.25, -0.2) is 13.8 Å². The van der Waals surface area contributed by atoms with E-state index in [4.69, 9.17) is 4.74 Å². The number of rotatable bonds is 10. The molecule has 0 spiro atoms. The van der Waals surface area contributed by atoms with E-state index in [9.17, 15) is 44.7 Å². The van der Waals surface area contributed by atoms with Crippen molar-refractivity contribution < 1.29 is 49.4 Å². The molecule has 3 aromatic rings. The van der Waals surface area contributed by atoms with E-state index < -0.39 is 54.7 Å². The van der Waals surface area contributed by atoms with Crippen molar-refractivity contribution in [2.24, 2.45) is 18.9 Å². The molecule has 16 heteroatoms. The number of fused-ring (bicyclic) bond motifs is 1. The van der Waals surface area contributed by atoms with Gasteiger partial charge in [-0.15, -0.1) is 0 Å². The van der Waals surface area contributed by atoms with Crippen molar-refractivity contribution in [1.82, 2.24) is 25.2 Å². The van der Waals surface area contributed by atoms with Crippen LogP contribution >= 0.6 is 0 Å². The second-order valence-electron chi connectivity index (χ2n) is 11.7. The number of aryl methyl sites for hydroxylation is 1. The molecule has 2 amide bonds. The van der Waals surface area contributed by atoms with Gasteiger partial charge in [0, 0.05) is 32.0 Å². The zero-order chi connectivity index (χ0) is 33.4. The second-order valence-corrected chi connectivity index (χ2v) is 11.7. The van der Waals surface area contributed by atoms with Gasteiger partial charge in [0.15, 0.2) is 12.3 Å². The van der Waals surface area contributed by atoms with Crippen molar-refractivity contribution in [1.29, 1.82) is 0 Å². The Morgan fingerprint density at radius 2 is 1.70 bits per heavy atom. The third kappa shape index (κ3) is 7.86. The number of pyridine rings is 1. The number of ether oxygens (including phenoxy) is 1. The number of hydrogen-bond acceptors (Lipinski definition) is 5. The maximum Gasteiger partial charge on any atom is 0.416 e. The summed E-state index contributed by atoms with van der Waals surface area (Å²) in [5.41, 5.74) is -0.784. The van der Waals surface area contributed by atoms with Crippen LogP contribution in [0.5, 0.6) is 5.88 Å². The zero-order valence-corrected chi connectivity index (χ0v) is 24.6. The highest BCUT2D eigenvalue weighted by atomic mass is 19.4. The lowest BCUT2D eigenvalue weighted by Gasteiger charge is -2.30. The van der Waals surface area contributed by atoms with Gasteiger partial charge in [0.1, 0.15) is 16.9 Å². The summed E-state index contributed by atoms with van der Waals surface area (Å²) in [6.07, 6.45) is -11.0. The molecule has 5 rings (SSSR count). The first kappa shape index (κ1) is 33.4. The van der Waals surface area contributed by atoms with Gasteiger partial charge in [0.05, 0.1) is 11.5 Å². The lowest BCUT2D eigenvalue weighted by molar-refractivity contribution is -0.182. The van der Waals surface area contributed by atoms with Crippen molar-refractivity contribution in [2.45, 2.75) is 76.3 Å². The fourth-order valence-electron chi connectivity index (χ4n) is 5.57. The van der Waals surface area contributed by atoms with Gasteiger partial charge in [-0.1, -0.05) is 12.1 Å². The van der Waals surface area contributed by atoms with Crippen LogP contribution in [0.4, 0.5) is 35.1 Å². The topological polar surface area (TPSA) is 98.1 Å². The first-order valence-corrected chi connectivity index (χ1v) is 14.7. The smallest absolute Gasteiger partial charge is 0.416 e. The van der Waals surface area contributed by atoms with Crippen LogP contribution in [0.15, 0.2) is 24.3 Å². The summed E-state index contributed by atoms with van der Waals surface area (Å²) in [6.45, 7) is -1.08. The number of benzene rings is 1. The van der Waals surface area contributed by atoms with Gasteiger partial charge in [0.25, 0.3) is 12.3 Å². The number of halogens is 8. The summed E-state index contributed by atoms with van der Waals surface area (Å²) in [5, 5.41) is 5.34. The highest BCUT2D eigenvalue weighted by Crippen LogP contribution is 2.38. The minimum Gasteiger partial charge on any atom is -0.471 e. The maximum atomic E-state index is 13.9. The number of imidazole rings is 1. The molecule has 46 heavy (non-hydrogen) atoms. The van der Waals surface area contributed by atoms with Crippen molar-refractivity contribution >= 4 is 23.0 Å². The van der Waals surface area contributed by atoms with E-state index in [1.54, 1.807) is 0 Å². The summed E-state index contributed by atoms with van der Waals surface area (Å²) in [4.78, 5) is 33.8. The number of amides is 2. The molecule has 8 nitrogen and oxygen atoms in total. The highest BCUT2D eigenvalue weighted by molar-refractivity contribution is 5.99. The molecule has 2 heterocycles. The average Bonchev–Trinajstić information content (AvgIpc) is 3.79. The Morgan fingerprint density at radius 3 is 2.30 bits per heavy atom. The molecule has 0 saturated heterocycles. The van der Waals surface area contributed by atoms with Gasteiger partial charge in [-0.3, -0.25) is 9.59 Å². The zero-order valence-electron chi connectivity index (χ0n) is 24.6. The first-order chi connectivity index (χ1) is 21.6. The molecular weight excluding hydrogens is 630 g/mol. The summed E-state index contributed by atoms with van der Waals surface area (Å²) < 4.78 is 114. The van der Waals surface area contributed by atoms with Crippen LogP contribution < -0.4 is 15.4 Å². The van der Waals surface area contributed by atoms with E-state index in [2.05, 4.69) is 20.6 Å². The van der Waals surface area contributed by atoms with Gasteiger partial charge in [0.2, 0.25) is 11.8 Å². The largest absolute Gasteiger partial charge is 0.471 e. The van der Waals surface area contributed by atoms with Crippen LogP contribution in [0.1, 0.15) is 71.4 Å². The Balaban J connectivity index is 1.42. The predicted octanol–water partition coefficient (Wildman–Crippen LogP) is 6.10. The first-order valence-electron chi connectivity index (χ1n) is 14.7. The number of carbonyl (C=O) groups is 2. The maximum absolute atomic E-state index is 13.9. The van der Waals surface area contributed by atoms with E-state index in [-0.39, 0.29) is 78.6 Å². The van der Waals surface area contributed by atoms with Crippen LogP contribution in [0.25, 0.3) is 11.2 Å². The average molecular weight is 662 g/mol. The van der Waals surface area contributed by atoms with E-state index in [1.807, 2.05) is 0 Å². The number of nitrogens with one attached hydrogen (secondary N) is 2. The number of nitrogens with zero attached hydrogens (tertiary/aromatic N) is 3. The Labute approximate surface area is 257 Å². The summed E-state index contributed by atoms with van der Waals surface area (Å²) >= 11 is 0. The van der Waals surface area contributed by atoms with Crippen molar-refractivity contribution in [3.05, 3.63) is 52.3 Å². The van der Waals surface area contributed by atoms with Gasteiger partial charge in [-0.05, 0) is 61.8 Å². The predicted molar refractivity (Wildman–Crippen MR) is 148 cm³/mol. The number of carbonyl (C=O) groups excluding carboxylic acids is 2. The highest BCUT2D eigenvalue weighted by Gasteiger charge is 2.42. The minimum atomic E-state index is -4.70. The van der Waals surface area contributed by atoms with Gasteiger partial charge < -0.3 is 19.9 Å². The molecule has 2 aliphatic rings. The van der Waals surface area contributed by atoms with Crippen LogP contribution in [0, 0.1) is 11.8 Å². The SMILES string of the molecule is Cn1c(Cc2cc(CNC(=O)C3CC3)ccc2C(F)(F)F)nc2cc(C(=O)NC3CCC(C(F)(F)F)CC3)c(OCC(F)F)nc21. The molecule has 2 fully saturated rings. The molecule has 2 N–H and O–H groups in total. The second kappa shape index (κ2) is 13.0. The molecule has 0 bridgehead atoms.